The van der Waals surface area contributed by atoms with Crippen LogP contribution in [0.5, 0.6) is 0 Å². The van der Waals surface area contributed by atoms with Crippen molar-refractivity contribution in [3.63, 3.8) is 0 Å². The van der Waals surface area contributed by atoms with Gasteiger partial charge in [-0.2, -0.15) is 9.97 Å². The summed E-state index contributed by atoms with van der Waals surface area (Å²) in [5.41, 5.74) is 2.60. The van der Waals surface area contributed by atoms with Crippen molar-refractivity contribution in [2.24, 2.45) is 5.92 Å². The van der Waals surface area contributed by atoms with Crippen LogP contribution < -0.4 is 25.3 Å². The van der Waals surface area contributed by atoms with E-state index < -0.39 is 0 Å². The van der Waals surface area contributed by atoms with Gasteiger partial charge in [0.05, 0.1) is 0 Å². The van der Waals surface area contributed by atoms with Crippen LogP contribution >= 0.6 is 23.8 Å². The largest absolute Gasteiger partial charge is 0.368 e. The minimum absolute atomic E-state index is 0.0346. The number of hydrogen-bond donors (Lipinski definition) is 2. The molecule has 1 saturated carbocycles. The Morgan fingerprint density at radius 3 is 2.31 bits per heavy atom. The second kappa shape index (κ2) is 13.0. The minimum Gasteiger partial charge on any atom is -0.368 e. The van der Waals surface area contributed by atoms with Crippen molar-refractivity contribution in [1.82, 2.24) is 15.3 Å². The van der Waals surface area contributed by atoms with E-state index in [1.54, 1.807) is 0 Å². The Morgan fingerprint density at radius 1 is 0.881 bits per heavy atom. The molecule has 0 amide bonds. The van der Waals surface area contributed by atoms with E-state index in [-0.39, 0.29) is 5.41 Å². The Hall–Kier alpha value is -3.10. The van der Waals surface area contributed by atoms with Crippen LogP contribution in [0.15, 0.2) is 60.7 Å². The highest BCUT2D eigenvalue weighted by Gasteiger charge is 2.36. The maximum Gasteiger partial charge on any atom is 0.232 e. The van der Waals surface area contributed by atoms with Crippen molar-refractivity contribution in [2.45, 2.75) is 50.9 Å². The number of aromatic nitrogens is 2. The zero-order chi connectivity index (χ0) is 28.9. The summed E-state index contributed by atoms with van der Waals surface area (Å²) >= 11 is 12.2. The molecule has 1 aliphatic carbocycles. The first-order chi connectivity index (χ1) is 20.5. The highest BCUT2D eigenvalue weighted by Crippen LogP contribution is 2.41. The van der Waals surface area contributed by atoms with Crippen molar-refractivity contribution in [2.75, 3.05) is 65.8 Å². The standard InChI is InChI=1S/C33H42ClN7S/c1-25-9-8-16-41(23-25)30-22-29(40-19-17-39(18-20-40)28-12-3-2-4-13-28)36-31(37-30)38-32(42)35-24-33(14-5-6-15-33)26-10-7-11-27(34)21-26/h2-4,7,10-13,21-22,25H,5-6,8-9,14-20,23-24H2,1H3,(H2,35,36,37,38,42). The van der Waals surface area contributed by atoms with E-state index in [1.165, 1.54) is 36.9 Å². The summed E-state index contributed by atoms with van der Waals surface area (Å²) in [4.78, 5) is 17.2. The van der Waals surface area contributed by atoms with Crippen molar-refractivity contribution >= 4 is 52.2 Å². The van der Waals surface area contributed by atoms with Crippen molar-refractivity contribution < 1.29 is 0 Å². The summed E-state index contributed by atoms with van der Waals surface area (Å²) in [6.45, 7) is 8.86. The molecular formula is C33H42ClN7S. The van der Waals surface area contributed by atoms with Crippen LogP contribution in [0.4, 0.5) is 23.3 Å². The molecule has 3 heterocycles. The van der Waals surface area contributed by atoms with Crippen molar-refractivity contribution in [3.8, 4) is 0 Å². The molecule has 0 radical (unpaired) electrons. The van der Waals surface area contributed by atoms with Gasteiger partial charge in [0.15, 0.2) is 5.11 Å². The van der Waals surface area contributed by atoms with Crippen LogP contribution in [0, 0.1) is 5.92 Å². The molecule has 1 atom stereocenters. The lowest BCUT2D eigenvalue weighted by Gasteiger charge is -2.37. The molecule has 7 nitrogen and oxygen atoms in total. The molecule has 42 heavy (non-hydrogen) atoms. The van der Waals surface area contributed by atoms with Crippen molar-refractivity contribution in [1.29, 1.82) is 0 Å². The third-order valence-electron chi connectivity index (χ3n) is 9.22. The van der Waals surface area contributed by atoms with Gasteiger partial charge < -0.3 is 25.3 Å². The molecule has 3 fully saturated rings. The summed E-state index contributed by atoms with van der Waals surface area (Å²) in [5, 5.41) is 8.23. The third-order valence-corrected chi connectivity index (χ3v) is 9.70. The highest BCUT2D eigenvalue weighted by atomic mass is 35.5. The molecule has 222 valence electrons. The Morgan fingerprint density at radius 2 is 1.60 bits per heavy atom. The molecule has 2 aliphatic heterocycles. The Bertz CT molecular complexity index is 1360. The maximum atomic E-state index is 6.38. The van der Waals surface area contributed by atoms with Crippen LogP contribution in [0.25, 0.3) is 0 Å². The number of piperazine rings is 1. The monoisotopic (exact) mass is 603 g/mol. The predicted molar refractivity (Wildman–Crippen MR) is 179 cm³/mol. The van der Waals surface area contributed by atoms with Gasteiger partial charge in [0.25, 0.3) is 0 Å². The molecule has 2 aromatic carbocycles. The summed E-state index contributed by atoms with van der Waals surface area (Å²) in [6.07, 6.45) is 7.14. The van der Waals surface area contributed by atoms with Gasteiger partial charge in [0.2, 0.25) is 5.95 Å². The zero-order valence-electron chi connectivity index (χ0n) is 24.6. The normalized spacial score (nSPS) is 20.4. The zero-order valence-corrected chi connectivity index (χ0v) is 26.1. The number of thiocarbonyl (C=S) groups is 1. The molecule has 3 aromatic rings. The number of piperidine rings is 1. The topological polar surface area (TPSA) is 59.6 Å². The lowest BCUT2D eigenvalue weighted by atomic mass is 9.79. The number of anilines is 4. The Balaban J connectivity index is 1.17. The first-order valence-corrected chi connectivity index (χ1v) is 16.3. The van der Waals surface area contributed by atoms with Crippen LogP contribution in [-0.4, -0.2) is 60.9 Å². The van der Waals surface area contributed by atoms with E-state index in [1.807, 2.05) is 6.07 Å². The quantitative estimate of drug-likeness (QED) is 0.297. The number of nitrogens with zero attached hydrogens (tertiary/aromatic N) is 5. The molecule has 2 saturated heterocycles. The van der Waals surface area contributed by atoms with Gasteiger partial charge in [-0.25, -0.2) is 0 Å². The number of nitrogens with one attached hydrogen (secondary N) is 2. The van der Waals surface area contributed by atoms with E-state index in [0.29, 0.717) is 17.0 Å². The van der Waals surface area contributed by atoms with Gasteiger partial charge in [0, 0.05) is 68.0 Å². The first-order valence-electron chi connectivity index (χ1n) is 15.5. The Kier molecular flexibility index (Phi) is 9.00. The fraction of sp³-hybridized carbons (Fsp3) is 0.485. The first kappa shape index (κ1) is 29.0. The van der Waals surface area contributed by atoms with Crippen molar-refractivity contribution in [3.05, 3.63) is 71.2 Å². The number of halogens is 1. The van der Waals surface area contributed by atoms with Gasteiger partial charge in [-0.05, 0) is 73.6 Å². The lowest BCUT2D eigenvalue weighted by molar-refractivity contribution is 0.435. The van der Waals surface area contributed by atoms with Crippen LogP contribution in [0.1, 0.15) is 51.0 Å². The summed E-state index contributed by atoms with van der Waals surface area (Å²) in [6, 6.07) is 21.1. The molecule has 0 spiro atoms. The molecule has 2 N–H and O–H groups in total. The summed E-state index contributed by atoms with van der Waals surface area (Å²) < 4.78 is 0. The molecule has 1 unspecified atom stereocenters. The van der Waals surface area contributed by atoms with E-state index in [2.05, 4.69) is 86.9 Å². The molecule has 1 aromatic heterocycles. The average Bonchev–Trinajstić information content (AvgIpc) is 3.51. The second-order valence-corrected chi connectivity index (χ2v) is 13.1. The fourth-order valence-corrected chi connectivity index (χ4v) is 7.22. The van der Waals surface area contributed by atoms with Crippen LogP contribution in [0.3, 0.4) is 0 Å². The maximum absolute atomic E-state index is 6.38. The average molecular weight is 604 g/mol. The smallest absolute Gasteiger partial charge is 0.232 e. The number of rotatable bonds is 7. The SMILES string of the molecule is CC1CCCN(c2cc(N3CCN(c4ccccc4)CC3)nc(NC(=S)NCC3(c4cccc(Cl)c4)CCCC3)n2)C1. The predicted octanol–water partition coefficient (Wildman–Crippen LogP) is 6.49. The Labute approximate surface area is 260 Å². The van der Waals surface area contributed by atoms with Gasteiger partial charge in [-0.15, -0.1) is 0 Å². The van der Waals surface area contributed by atoms with Gasteiger partial charge in [-0.3, -0.25) is 0 Å². The molecule has 0 bridgehead atoms. The van der Waals surface area contributed by atoms with E-state index in [9.17, 15) is 0 Å². The number of para-hydroxylation sites is 1. The molecule has 9 heteroatoms. The molecular weight excluding hydrogens is 562 g/mol. The summed E-state index contributed by atoms with van der Waals surface area (Å²) in [7, 11) is 0. The van der Waals surface area contributed by atoms with Gasteiger partial charge in [0.1, 0.15) is 11.6 Å². The fourth-order valence-electron chi connectivity index (χ4n) is 6.86. The van der Waals surface area contributed by atoms with E-state index >= 15 is 0 Å². The number of hydrogen-bond acceptors (Lipinski definition) is 6. The molecule has 6 rings (SSSR count). The second-order valence-electron chi connectivity index (χ2n) is 12.2. The van der Waals surface area contributed by atoms with Gasteiger partial charge >= 0.3 is 0 Å². The third kappa shape index (κ3) is 6.76. The van der Waals surface area contributed by atoms with E-state index in [4.69, 9.17) is 33.8 Å². The van der Waals surface area contributed by atoms with Gasteiger partial charge in [-0.1, -0.05) is 61.7 Å². The highest BCUT2D eigenvalue weighted by molar-refractivity contribution is 7.80. The minimum atomic E-state index is 0.0346. The van der Waals surface area contributed by atoms with E-state index in [0.717, 1.165) is 75.3 Å². The van der Waals surface area contributed by atoms with Crippen LogP contribution in [0.2, 0.25) is 5.02 Å². The molecule has 3 aliphatic rings. The number of benzene rings is 2. The van der Waals surface area contributed by atoms with Crippen LogP contribution in [-0.2, 0) is 5.41 Å². The lowest BCUT2D eigenvalue weighted by Crippen LogP contribution is -2.47. The summed E-state index contributed by atoms with van der Waals surface area (Å²) in [5.74, 6) is 3.16.